The monoisotopic (exact) mass is 537 g/mol. The summed E-state index contributed by atoms with van der Waals surface area (Å²) < 4.78 is 11.3. The van der Waals surface area contributed by atoms with Crippen LogP contribution in [-0.2, 0) is 9.47 Å². The molecule has 0 aliphatic carbocycles. The van der Waals surface area contributed by atoms with Crippen molar-refractivity contribution in [1.29, 1.82) is 0 Å². The lowest BCUT2D eigenvalue weighted by Crippen LogP contribution is -2.44. The fourth-order valence-electron chi connectivity index (χ4n) is 3.54. The second kappa shape index (κ2) is 13.5. The van der Waals surface area contributed by atoms with Gasteiger partial charge in [0.25, 0.3) is 0 Å². The molecule has 0 amide bonds. The van der Waals surface area contributed by atoms with E-state index in [-0.39, 0.29) is 24.0 Å². The van der Waals surface area contributed by atoms with Crippen LogP contribution in [0.5, 0.6) is 0 Å². The zero-order valence-corrected chi connectivity index (χ0v) is 20.2. The van der Waals surface area contributed by atoms with Crippen LogP contribution >= 0.6 is 35.6 Å². The highest BCUT2D eigenvalue weighted by Crippen LogP contribution is 2.25. The Labute approximate surface area is 196 Å². The molecule has 2 aliphatic heterocycles. The summed E-state index contributed by atoms with van der Waals surface area (Å²) in [7, 11) is 0. The van der Waals surface area contributed by atoms with Crippen LogP contribution in [0.3, 0.4) is 0 Å². The normalized spacial score (nSPS) is 21.9. The zero-order chi connectivity index (χ0) is 19.6. The molecule has 0 bridgehead atoms. The van der Waals surface area contributed by atoms with Crippen LogP contribution in [0.15, 0.2) is 23.3 Å². The maximum Gasteiger partial charge on any atom is 0.191 e. The molecule has 2 atom stereocenters. The van der Waals surface area contributed by atoms with Crippen molar-refractivity contribution in [2.45, 2.75) is 44.8 Å². The second-order valence-corrected chi connectivity index (χ2v) is 7.62. The third kappa shape index (κ3) is 8.07. The van der Waals surface area contributed by atoms with E-state index in [1.807, 2.05) is 12.1 Å². The Hall–Kier alpha value is -0.840. The van der Waals surface area contributed by atoms with E-state index in [1.165, 1.54) is 0 Å². The minimum Gasteiger partial charge on any atom is -0.379 e. The molecule has 3 heterocycles. The molecule has 0 radical (unpaired) electrons. The molecule has 2 aliphatic rings. The topological polar surface area (TPSA) is 71.0 Å². The smallest absolute Gasteiger partial charge is 0.191 e. The second-order valence-electron chi connectivity index (χ2n) is 7.21. The molecule has 29 heavy (non-hydrogen) atoms. The Bertz CT molecular complexity index is 631. The van der Waals surface area contributed by atoms with Gasteiger partial charge >= 0.3 is 0 Å². The first-order valence-electron chi connectivity index (χ1n) is 10.4. The lowest BCUT2D eigenvalue weighted by molar-refractivity contribution is 0.0171. The van der Waals surface area contributed by atoms with Crippen molar-refractivity contribution in [3.05, 3.63) is 23.4 Å². The summed E-state index contributed by atoms with van der Waals surface area (Å²) in [5.41, 5.74) is 0. The summed E-state index contributed by atoms with van der Waals surface area (Å²) in [6, 6.07) is 4.07. The molecule has 1 aromatic rings. The average Bonchev–Trinajstić information content (AvgIpc) is 3.37. The van der Waals surface area contributed by atoms with Gasteiger partial charge in [0.2, 0.25) is 0 Å². The van der Waals surface area contributed by atoms with Gasteiger partial charge in [0.05, 0.1) is 17.7 Å². The number of ether oxygens (including phenoxy) is 2. The van der Waals surface area contributed by atoms with Gasteiger partial charge in [-0.1, -0.05) is 11.6 Å². The van der Waals surface area contributed by atoms with Crippen LogP contribution in [0.2, 0.25) is 5.02 Å². The van der Waals surface area contributed by atoms with Gasteiger partial charge in [0.15, 0.2) is 5.96 Å². The van der Waals surface area contributed by atoms with Crippen molar-refractivity contribution in [1.82, 2.24) is 15.6 Å². The first kappa shape index (κ1) is 24.4. The van der Waals surface area contributed by atoms with Gasteiger partial charge in [-0.3, -0.25) is 4.99 Å². The SMILES string of the molecule is CCNC(=NCCCOCC1CCCO1)NC1CCN(c2ncccc2Cl)C1.I. The molecule has 3 rings (SSSR count). The third-order valence-electron chi connectivity index (χ3n) is 4.96. The van der Waals surface area contributed by atoms with E-state index in [0.29, 0.717) is 23.8 Å². The maximum atomic E-state index is 6.28. The van der Waals surface area contributed by atoms with Gasteiger partial charge in [-0.25, -0.2) is 4.98 Å². The molecule has 0 aromatic carbocycles. The molecule has 0 spiro atoms. The Morgan fingerprint density at radius 3 is 3.10 bits per heavy atom. The van der Waals surface area contributed by atoms with Gasteiger partial charge in [0, 0.05) is 51.6 Å². The number of nitrogens with one attached hydrogen (secondary N) is 2. The van der Waals surface area contributed by atoms with Crippen LogP contribution in [0.25, 0.3) is 0 Å². The molecule has 0 saturated carbocycles. The van der Waals surface area contributed by atoms with Crippen LogP contribution in [0.1, 0.15) is 32.6 Å². The molecule has 9 heteroatoms. The molecular weight excluding hydrogens is 505 g/mol. The number of aliphatic imine (C=N–C) groups is 1. The highest BCUT2D eigenvalue weighted by Gasteiger charge is 2.25. The van der Waals surface area contributed by atoms with Crippen molar-refractivity contribution in [3.63, 3.8) is 0 Å². The Balaban J connectivity index is 0.00000300. The van der Waals surface area contributed by atoms with E-state index >= 15 is 0 Å². The van der Waals surface area contributed by atoms with Gasteiger partial charge < -0.3 is 25.0 Å². The predicted octanol–water partition coefficient (Wildman–Crippen LogP) is 3.07. The van der Waals surface area contributed by atoms with Gasteiger partial charge in [0.1, 0.15) is 5.82 Å². The molecule has 2 saturated heterocycles. The van der Waals surface area contributed by atoms with E-state index in [1.54, 1.807) is 6.20 Å². The Morgan fingerprint density at radius 2 is 2.34 bits per heavy atom. The van der Waals surface area contributed by atoms with E-state index in [9.17, 15) is 0 Å². The third-order valence-corrected chi connectivity index (χ3v) is 5.25. The number of hydrogen-bond acceptors (Lipinski definition) is 5. The van der Waals surface area contributed by atoms with E-state index in [0.717, 1.165) is 76.9 Å². The number of guanidine groups is 1. The number of aromatic nitrogens is 1. The number of hydrogen-bond donors (Lipinski definition) is 2. The summed E-state index contributed by atoms with van der Waals surface area (Å²) in [4.78, 5) is 11.3. The number of halogens is 2. The zero-order valence-electron chi connectivity index (χ0n) is 17.1. The summed E-state index contributed by atoms with van der Waals surface area (Å²) in [6.45, 7) is 7.76. The predicted molar refractivity (Wildman–Crippen MR) is 129 cm³/mol. The van der Waals surface area contributed by atoms with Gasteiger partial charge in [-0.15, -0.1) is 24.0 Å². The largest absolute Gasteiger partial charge is 0.379 e. The maximum absolute atomic E-state index is 6.28. The molecule has 1 aromatic heterocycles. The van der Waals surface area contributed by atoms with Gasteiger partial charge in [-0.05, 0) is 44.7 Å². The minimum absolute atomic E-state index is 0. The molecular formula is C20H33ClIN5O2. The van der Waals surface area contributed by atoms with Crippen molar-refractivity contribution in [3.8, 4) is 0 Å². The fourth-order valence-corrected chi connectivity index (χ4v) is 3.78. The van der Waals surface area contributed by atoms with Crippen molar-refractivity contribution >= 4 is 47.4 Å². The van der Waals surface area contributed by atoms with Crippen molar-refractivity contribution < 1.29 is 9.47 Å². The molecule has 7 nitrogen and oxygen atoms in total. The quantitative estimate of drug-likeness (QED) is 0.218. The molecule has 164 valence electrons. The Morgan fingerprint density at radius 1 is 1.45 bits per heavy atom. The highest BCUT2D eigenvalue weighted by atomic mass is 127. The summed E-state index contributed by atoms with van der Waals surface area (Å²) in [5.74, 6) is 1.72. The number of pyridine rings is 1. The summed E-state index contributed by atoms with van der Waals surface area (Å²) >= 11 is 6.28. The summed E-state index contributed by atoms with van der Waals surface area (Å²) in [6.07, 6.45) is 6.29. The van der Waals surface area contributed by atoms with Crippen LogP contribution in [0, 0.1) is 0 Å². The van der Waals surface area contributed by atoms with Gasteiger partial charge in [-0.2, -0.15) is 0 Å². The summed E-state index contributed by atoms with van der Waals surface area (Å²) in [5, 5.41) is 7.57. The molecule has 2 unspecified atom stereocenters. The average molecular weight is 538 g/mol. The van der Waals surface area contributed by atoms with E-state index in [4.69, 9.17) is 21.1 Å². The first-order chi connectivity index (χ1) is 13.8. The number of nitrogens with zero attached hydrogens (tertiary/aromatic N) is 3. The molecule has 2 fully saturated rings. The Kier molecular flexibility index (Phi) is 11.3. The number of anilines is 1. The van der Waals surface area contributed by atoms with Crippen LogP contribution in [-0.4, -0.2) is 69.1 Å². The lowest BCUT2D eigenvalue weighted by Gasteiger charge is -2.20. The van der Waals surface area contributed by atoms with Crippen LogP contribution in [0.4, 0.5) is 5.82 Å². The fraction of sp³-hybridized carbons (Fsp3) is 0.700. The van der Waals surface area contributed by atoms with E-state index in [2.05, 4.69) is 32.4 Å². The van der Waals surface area contributed by atoms with Crippen LogP contribution < -0.4 is 15.5 Å². The minimum atomic E-state index is 0. The number of rotatable bonds is 9. The standard InChI is InChI=1S/C20H32ClN5O2.HI/c1-2-22-20(24-10-5-12-27-15-17-6-4-13-28-17)25-16-8-11-26(14-16)19-18(21)7-3-9-23-19;/h3,7,9,16-17H,2,4-6,8,10-15H2,1H3,(H2,22,24,25);1H. The highest BCUT2D eigenvalue weighted by molar-refractivity contribution is 14.0. The van der Waals surface area contributed by atoms with Crippen molar-refractivity contribution in [2.24, 2.45) is 4.99 Å². The van der Waals surface area contributed by atoms with Crippen molar-refractivity contribution in [2.75, 3.05) is 50.9 Å². The van der Waals surface area contributed by atoms with E-state index < -0.39 is 0 Å². The molecule has 2 N–H and O–H groups in total. The lowest BCUT2D eigenvalue weighted by atomic mass is 10.2. The first-order valence-corrected chi connectivity index (χ1v) is 10.7.